The van der Waals surface area contributed by atoms with E-state index in [-0.39, 0.29) is 35.6 Å². The number of pyridine rings is 1. The zero-order chi connectivity index (χ0) is 36.9. The molecule has 4 bridgehead atoms. The van der Waals surface area contributed by atoms with Crippen molar-refractivity contribution in [3.63, 3.8) is 0 Å². The molecule has 14 heteroatoms. The van der Waals surface area contributed by atoms with Crippen LogP contribution in [0.4, 0.5) is 5.82 Å². The molecule has 1 saturated carbocycles. The number of aromatic nitrogens is 8. The number of aryl methyl sites for hydroxylation is 3. The number of allylic oxidation sites excluding steroid dienone is 1. The van der Waals surface area contributed by atoms with Gasteiger partial charge >= 0.3 is 0 Å². The summed E-state index contributed by atoms with van der Waals surface area (Å²) in [5.41, 5.74) is 5.09. The van der Waals surface area contributed by atoms with Crippen LogP contribution in [0.5, 0.6) is 0 Å². The van der Waals surface area contributed by atoms with Gasteiger partial charge in [0.05, 0.1) is 18.3 Å². The average Bonchev–Trinajstić information content (AvgIpc) is 3.39. The Kier molecular flexibility index (Phi) is 9.25. The number of carbonyl (C=O) groups is 3. The van der Waals surface area contributed by atoms with Gasteiger partial charge in [-0.2, -0.15) is 5.10 Å². The number of piperidine rings is 1. The highest BCUT2D eigenvalue weighted by molar-refractivity contribution is 9.10. The summed E-state index contributed by atoms with van der Waals surface area (Å²) in [4.78, 5) is 57.0. The highest BCUT2D eigenvalue weighted by Gasteiger charge is 2.67. The molecule has 1 aliphatic carbocycles. The van der Waals surface area contributed by atoms with Crippen LogP contribution in [-0.2, 0) is 29.1 Å². The van der Waals surface area contributed by atoms with Crippen molar-refractivity contribution in [2.24, 2.45) is 5.41 Å². The second-order valence-corrected chi connectivity index (χ2v) is 15.5. The van der Waals surface area contributed by atoms with E-state index in [1.165, 1.54) is 6.92 Å². The number of halogens is 1. The van der Waals surface area contributed by atoms with Crippen LogP contribution in [0.15, 0.2) is 53.5 Å². The van der Waals surface area contributed by atoms with Gasteiger partial charge in [0.25, 0.3) is 0 Å². The van der Waals surface area contributed by atoms with Gasteiger partial charge in [-0.25, -0.2) is 15.0 Å². The SMILES string of the molecule is CC(=O)c1nn2c3c(cc(-c4cnc(C)nc4)cc13)CCCCCCC=Cc1cn(nn1)C[C@@]13C[C@@H](C(=O)Nc4nc(Br)ccc4C)N(C(=O)C2)[C@@H]1C3. The van der Waals surface area contributed by atoms with E-state index in [1.54, 1.807) is 22.0 Å². The Bertz CT molecular complexity index is 2280. The maximum atomic E-state index is 14.7. The van der Waals surface area contributed by atoms with E-state index in [1.807, 2.05) is 49.0 Å². The van der Waals surface area contributed by atoms with Gasteiger partial charge in [0, 0.05) is 41.7 Å². The van der Waals surface area contributed by atoms with E-state index in [9.17, 15) is 14.4 Å². The molecule has 0 radical (unpaired) electrons. The Morgan fingerprint density at radius 3 is 2.64 bits per heavy atom. The van der Waals surface area contributed by atoms with Crippen LogP contribution in [0.2, 0.25) is 0 Å². The van der Waals surface area contributed by atoms with Crippen molar-refractivity contribution in [2.45, 2.75) is 97.3 Å². The molecular weight excluding hydrogens is 736 g/mol. The molecule has 5 aromatic rings. The summed E-state index contributed by atoms with van der Waals surface area (Å²) in [5.74, 6) is 0.409. The maximum absolute atomic E-state index is 14.7. The van der Waals surface area contributed by atoms with Crippen LogP contribution in [-0.4, -0.2) is 74.3 Å². The molecule has 3 atom stereocenters. The molecule has 6 heterocycles. The van der Waals surface area contributed by atoms with Crippen molar-refractivity contribution in [3.8, 4) is 11.1 Å². The second-order valence-electron chi connectivity index (χ2n) is 14.7. The van der Waals surface area contributed by atoms with Crippen molar-refractivity contribution >= 4 is 56.3 Å². The summed E-state index contributed by atoms with van der Waals surface area (Å²) in [6.07, 6.45) is 16.7. The minimum absolute atomic E-state index is 0.118. The van der Waals surface area contributed by atoms with Crippen molar-refractivity contribution in [1.82, 2.24) is 44.6 Å². The Hall–Kier alpha value is -5.11. The summed E-state index contributed by atoms with van der Waals surface area (Å²) >= 11 is 3.41. The standard InChI is InChI=1S/C39H41BrN10O3/c1-23-12-13-33(40)43-37(23)44-38(53)31-16-39-17-32(39)50(31)34(52)21-49-36-26(10-8-6-4-5-7-9-11-29-20-48(22-39)47-45-29)14-27(28-18-41-25(3)42-19-28)15-30(36)35(46-49)24(2)51/h9,11-15,18-20,31-32H,4-8,10,16-17,21-22H2,1-3H3,(H,43,44,53)/t31-,32+,39-/m0/s1. The Balaban J connectivity index is 1.20. The number of rotatable bonds is 4. The Labute approximate surface area is 315 Å². The molecule has 0 unspecified atom stereocenters. The molecule has 0 spiro atoms. The van der Waals surface area contributed by atoms with Gasteiger partial charge in [0.2, 0.25) is 11.8 Å². The largest absolute Gasteiger partial charge is 0.325 e. The number of nitrogens with one attached hydrogen (secondary N) is 1. The first-order chi connectivity index (χ1) is 25.6. The lowest BCUT2D eigenvalue weighted by molar-refractivity contribution is -0.138. The van der Waals surface area contributed by atoms with Crippen LogP contribution >= 0.6 is 15.9 Å². The highest BCUT2D eigenvalue weighted by atomic mass is 79.9. The van der Waals surface area contributed by atoms with Crippen molar-refractivity contribution in [1.29, 1.82) is 0 Å². The minimum Gasteiger partial charge on any atom is -0.325 e. The molecule has 13 nitrogen and oxygen atoms in total. The molecule has 272 valence electrons. The van der Waals surface area contributed by atoms with Gasteiger partial charge in [-0.05, 0) is 109 Å². The van der Waals surface area contributed by atoms with Gasteiger partial charge in [-0.3, -0.25) is 23.7 Å². The number of Topliss-reactive ketones (excluding diaryl/α,β-unsaturated/α-hetero) is 1. The lowest BCUT2D eigenvalue weighted by atomic mass is 9.96. The van der Waals surface area contributed by atoms with Crippen molar-refractivity contribution in [2.75, 3.05) is 5.32 Å². The van der Waals surface area contributed by atoms with Crippen LogP contribution in [0.1, 0.15) is 85.0 Å². The number of carbonyl (C=O) groups excluding carboxylic acids is 3. The maximum Gasteiger partial charge on any atom is 0.248 e. The predicted molar refractivity (Wildman–Crippen MR) is 203 cm³/mol. The molecular formula is C39H41BrN10O3. The number of hydrogen-bond donors (Lipinski definition) is 1. The molecule has 53 heavy (non-hydrogen) atoms. The topological polar surface area (TPSA) is 154 Å². The van der Waals surface area contributed by atoms with Gasteiger partial charge < -0.3 is 10.2 Å². The molecule has 2 aliphatic heterocycles. The number of benzene rings is 1. The van der Waals surface area contributed by atoms with Gasteiger partial charge in [0.15, 0.2) is 5.78 Å². The summed E-state index contributed by atoms with van der Waals surface area (Å²) in [6, 6.07) is 6.87. The Morgan fingerprint density at radius 2 is 1.83 bits per heavy atom. The fourth-order valence-corrected chi connectivity index (χ4v) is 8.39. The number of nitrogens with zero attached hydrogens (tertiary/aromatic N) is 9. The third kappa shape index (κ3) is 6.92. The van der Waals surface area contributed by atoms with Crippen LogP contribution in [0.3, 0.4) is 0 Å². The fourth-order valence-electron chi connectivity index (χ4n) is 8.08. The van der Waals surface area contributed by atoms with Crippen LogP contribution in [0.25, 0.3) is 28.1 Å². The lowest BCUT2D eigenvalue weighted by Gasteiger charge is -2.27. The zero-order valence-corrected chi connectivity index (χ0v) is 31.6. The van der Waals surface area contributed by atoms with E-state index in [2.05, 4.69) is 58.7 Å². The third-order valence-electron chi connectivity index (χ3n) is 10.9. The lowest BCUT2D eigenvalue weighted by Crippen LogP contribution is -2.47. The monoisotopic (exact) mass is 776 g/mol. The number of amides is 2. The third-order valence-corrected chi connectivity index (χ3v) is 11.3. The molecule has 8 rings (SSSR count). The molecule has 1 saturated heterocycles. The molecule has 2 fully saturated rings. The van der Waals surface area contributed by atoms with E-state index >= 15 is 0 Å². The van der Waals surface area contributed by atoms with Gasteiger partial charge in [0.1, 0.15) is 40.2 Å². The van der Waals surface area contributed by atoms with Crippen LogP contribution < -0.4 is 5.32 Å². The minimum atomic E-state index is -0.736. The Morgan fingerprint density at radius 1 is 1.02 bits per heavy atom. The first-order valence-corrected chi connectivity index (χ1v) is 19.0. The molecule has 3 aliphatic rings. The number of ketones is 1. The molecule has 2 amide bonds. The number of anilines is 1. The smallest absolute Gasteiger partial charge is 0.248 e. The van der Waals surface area contributed by atoms with E-state index in [4.69, 9.17) is 5.10 Å². The highest BCUT2D eigenvalue weighted by Crippen LogP contribution is 2.60. The van der Waals surface area contributed by atoms with E-state index in [0.29, 0.717) is 40.3 Å². The average molecular weight is 778 g/mol. The molecule has 1 aromatic carbocycles. The number of hydrogen-bond acceptors (Lipinski definition) is 9. The van der Waals surface area contributed by atoms with E-state index in [0.717, 1.165) is 78.4 Å². The molecule has 1 N–H and O–H groups in total. The summed E-state index contributed by atoms with van der Waals surface area (Å²) in [6.45, 7) is 5.65. The zero-order valence-electron chi connectivity index (χ0n) is 30.0. The van der Waals surface area contributed by atoms with E-state index < -0.39 is 6.04 Å². The van der Waals surface area contributed by atoms with Gasteiger partial charge in [-0.15, -0.1) is 5.10 Å². The van der Waals surface area contributed by atoms with Crippen molar-refractivity contribution < 1.29 is 14.4 Å². The summed E-state index contributed by atoms with van der Waals surface area (Å²) in [7, 11) is 0. The van der Waals surface area contributed by atoms with Gasteiger partial charge in [-0.1, -0.05) is 30.2 Å². The first kappa shape index (κ1) is 34.9. The summed E-state index contributed by atoms with van der Waals surface area (Å²) < 4.78 is 4.12. The molecule has 4 aromatic heterocycles. The number of fused-ring (bicyclic) bond motifs is 2. The predicted octanol–water partition coefficient (Wildman–Crippen LogP) is 6.28. The quantitative estimate of drug-likeness (QED) is 0.164. The fraction of sp³-hybridized carbons (Fsp3) is 0.410. The summed E-state index contributed by atoms with van der Waals surface area (Å²) in [5, 5.41) is 17.3. The normalized spacial score (nSPS) is 21.7. The first-order valence-electron chi connectivity index (χ1n) is 18.2. The van der Waals surface area contributed by atoms with Crippen LogP contribution in [0, 0.1) is 19.3 Å². The van der Waals surface area contributed by atoms with Crippen molar-refractivity contribution in [3.05, 3.63) is 81.9 Å². The second kappa shape index (κ2) is 14.0.